The van der Waals surface area contributed by atoms with Crippen LogP contribution in [0.5, 0.6) is 0 Å². The predicted octanol–water partition coefficient (Wildman–Crippen LogP) is 3.43. The van der Waals surface area contributed by atoms with Crippen molar-refractivity contribution in [2.24, 2.45) is 0 Å². The zero-order chi connectivity index (χ0) is 16.8. The average Bonchev–Trinajstić information content (AvgIpc) is 3.27. The molecule has 2 aromatic heterocycles. The van der Waals surface area contributed by atoms with Crippen LogP contribution in [0.25, 0.3) is 0 Å². The second-order valence-corrected chi connectivity index (χ2v) is 6.61. The van der Waals surface area contributed by atoms with E-state index in [0.29, 0.717) is 31.4 Å². The highest BCUT2D eigenvalue weighted by Gasteiger charge is 2.17. The first-order valence-corrected chi connectivity index (χ1v) is 8.91. The average molecular weight is 343 g/mol. The number of rotatable bonds is 8. The lowest BCUT2D eigenvalue weighted by Gasteiger charge is -2.23. The molecule has 0 radical (unpaired) electrons. The van der Waals surface area contributed by atoms with E-state index in [1.807, 2.05) is 42.6 Å². The lowest BCUT2D eigenvalue weighted by molar-refractivity contribution is 0.101. The molecule has 126 valence electrons. The maximum absolute atomic E-state index is 10.5. The summed E-state index contributed by atoms with van der Waals surface area (Å²) in [4.78, 5) is 3.10. The summed E-state index contributed by atoms with van der Waals surface area (Å²) in [5.41, 5.74) is 1.19. The standard InChI is InChI=1S/C18H21N3O2S/c1-2-17-19-20-18(23-17)13-21(11-14-7-4-3-5-8-14)12-15(22)16-9-6-10-24-16/h3-10,15,22H,2,11-13H2,1H3. The van der Waals surface area contributed by atoms with Gasteiger partial charge in [0.1, 0.15) is 6.10 Å². The Morgan fingerprint density at radius 3 is 2.54 bits per heavy atom. The molecule has 6 heteroatoms. The van der Waals surface area contributed by atoms with Gasteiger partial charge in [-0.15, -0.1) is 21.5 Å². The van der Waals surface area contributed by atoms with Gasteiger partial charge in [-0.05, 0) is 17.0 Å². The third-order valence-corrected chi connectivity index (χ3v) is 4.70. The molecule has 0 bridgehead atoms. The Balaban J connectivity index is 1.72. The zero-order valence-corrected chi connectivity index (χ0v) is 14.4. The summed E-state index contributed by atoms with van der Waals surface area (Å²) >= 11 is 1.57. The minimum Gasteiger partial charge on any atom is -0.424 e. The summed E-state index contributed by atoms with van der Waals surface area (Å²) in [5, 5.41) is 20.6. The molecule has 1 unspecified atom stereocenters. The molecule has 0 saturated carbocycles. The van der Waals surface area contributed by atoms with Gasteiger partial charge in [-0.1, -0.05) is 43.3 Å². The van der Waals surface area contributed by atoms with Gasteiger partial charge in [0.05, 0.1) is 6.54 Å². The quantitative estimate of drug-likeness (QED) is 0.679. The molecule has 24 heavy (non-hydrogen) atoms. The van der Waals surface area contributed by atoms with Crippen LogP contribution in [0.1, 0.15) is 35.2 Å². The highest BCUT2D eigenvalue weighted by molar-refractivity contribution is 7.10. The summed E-state index contributed by atoms with van der Waals surface area (Å²) < 4.78 is 5.63. The van der Waals surface area contributed by atoms with Gasteiger partial charge < -0.3 is 9.52 Å². The van der Waals surface area contributed by atoms with Crippen LogP contribution in [0.4, 0.5) is 0 Å². The van der Waals surface area contributed by atoms with Crippen molar-refractivity contribution in [2.75, 3.05) is 6.54 Å². The van der Waals surface area contributed by atoms with E-state index >= 15 is 0 Å². The molecule has 0 aliphatic heterocycles. The van der Waals surface area contributed by atoms with Gasteiger partial charge >= 0.3 is 0 Å². The van der Waals surface area contributed by atoms with E-state index in [4.69, 9.17) is 4.42 Å². The van der Waals surface area contributed by atoms with E-state index in [9.17, 15) is 5.11 Å². The van der Waals surface area contributed by atoms with Crippen LogP contribution in [0, 0.1) is 0 Å². The van der Waals surface area contributed by atoms with E-state index in [1.54, 1.807) is 11.3 Å². The number of benzene rings is 1. The molecule has 0 aliphatic carbocycles. The summed E-state index contributed by atoms with van der Waals surface area (Å²) in [7, 11) is 0. The molecule has 2 heterocycles. The number of aryl methyl sites for hydroxylation is 1. The van der Waals surface area contributed by atoms with Gasteiger partial charge in [0, 0.05) is 24.4 Å². The van der Waals surface area contributed by atoms with Gasteiger partial charge in [0.2, 0.25) is 11.8 Å². The molecule has 5 nitrogen and oxygen atoms in total. The van der Waals surface area contributed by atoms with E-state index in [-0.39, 0.29) is 0 Å². The minimum absolute atomic E-state index is 0.513. The van der Waals surface area contributed by atoms with Crippen molar-refractivity contribution in [3.63, 3.8) is 0 Å². The number of hydrogen-bond donors (Lipinski definition) is 1. The Kier molecular flexibility index (Phi) is 5.74. The number of nitrogens with zero attached hydrogens (tertiary/aromatic N) is 3. The van der Waals surface area contributed by atoms with Crippen molar-refractivity contribution >= 4 is 11.3 Å². The third kappa shape index (κ3) is 4.50. The molecular formula is C18H21N3O2S. The Hall–Kier alpha value is -2.02. The summed E-state index contributed by atoms with van der Waals surface area (Å²) in [6.45, 7) is 3.73. The van der Waals surface area contributed by atoms with Crippen LogP contribution < -0.4 is 0 Å². The largest absolute Gasteiger partial charge is 0.424 e. The van der Waals surface area contributed by atoms with Crippen molar-refractivity contribution in [1.82, 2.24) is 15.1 Å². The predicted molar refractivity (Wildman–Crippen MR) is 93.5 cm³/mol. The van der Waals surface area contributed by atoms with E-state index in [0.717, 1.165) is 11.3 Å². The van der Waals surface area contributed by atoms with E-state index in [2.05, 4.69) is 27.2 Å². The molecule has 0 spiro atoms. The summed E-state index contributed by atoms with van der Waals surface area (Å²) in [6, 6.07) is 14.1. The maximum Gasteiger partial charge on any atom is 0.230 e. The van der Waals surface area contributed by atoms with E-state index < -0.39 is 6.10 Å². The molecule has 3 aromatic rings. The van der Waals surface area contributed by atoms with Gasteiger partial charge in [0.15, 0.2) is 0 Å². The Morgan fingerprint density at radius 2 is 1.88 bits per heavy atom. The molecule has 1 atom stereocenters. The molecular weight excluding hydrogens is 322 g/mol. The molecule has 1 aromatic carbocycles. The van der Waals surface area contributed by atoms with Crippen LogP contribution in [-0.4, -0.2) is 26.7 Å². The lowest BCUT2D eigenvalue weighted by atomic mass is 10.2. The van der Waals surface area contributed by atoms with Gasteiger partial charge in [-0.25, -0.2) is 0 Å². The SMILES string of the molecule is CCc1nnc(CN(Cc2ccccc2)CC(O)c2cccs2)o1. The third-order valence-electron chi connectivity index (χ3n) is 3.72. The van der Waals surface area contributed by atoms with Crippen molar-refractivity contribution in [3.8, 4) is 0 Å². The topological polar surface area (TPSA) is 62.4 Å². The molecule has 0 aliphatic rings. The van der Waals surface area contributed by atoms with E-state index in [1.165, 1.54) is 5.56 Å². The lowest BCUT2D eigenvalue weighted by Crippen LogP contribution is -2.28. The molecule has 3 rings (SSSR count). The first kappa shape index (κ1) is 16.8. The second-order valence-electron chi connectivity index (χ2n) is 5.63. The maximum atomic E-state index is 10.5. The summed E-state index contributed by atoms with van der Waals surface area (Å²) in [6.07, 6.45) is 0.200. The Bertz CT molecular complexity index is 728. The minimum atomic E-state index is -0.526. The van der Waals surface area contributed by atoms with Crippen molar-refractivity contribution in [1.29, 1.82) is 0 Å². The van der Waals surface area contributed by atoms with Crippen molar-refractivity contribution < 1.29 is 9.52 Å². The van der Waals surface area contributed by atoms with Crippen molar-refractivity contribution in [2.45, 2.75) is 32.5 Å². The fourth-order valence-electron chi connectivity index (χ4n) is 2.53. The first-order valence-electron chi connectivity index (χ1n) is 8.03. The Labute approximate surface area is 145 Å². The number of thiophene rings is 1. The van der Waals surface area contributed by atoms with Gasteiger partial charge in [-0.2, -0.15) is 0 Å². The van der Waals surface area contributed by atoms with Crippen LogP contribution in [-0.2, 0) is 19.5 Å². The Morgan fingerprint density at radius 1 is 1.08 bits per heavy atom. The normalized spacial score (nSPS) is 12.6. The van der Waals surface area contributed by atoms with Crippen LogP contribution >= 0.6 is 11.3 Å². The molecule has 0 fully saturated rings. The van der Waals surface area contributed by atoms with Gasteiger partial charge in [-0.3, -0.25) is 4.90 Å². The number of aliphatic hydroxyl groups is 1. The van der Waals surface area contributed by atoms with Crippen LogP contribution in [0.2, 0.25) is 0 Å². The van der Waals surface area contributed by atoms with Crippen LogP contribution in [0.15, 0.2) is 52.3 Å². The fraction of sp³-hybridized carbons (Fsp3) is 0.333. The summed E-state index contributed by atoms with van der Waals surface area (Å²) in [5.74, 6) is 1.23. The zero-order valence-electron chi connectivity index (χ0n) is 13.6. The fourth-order valence-corrected chi connectivity index (χ4v) is 3.23. The van der Waals surface area contributed by atoms with Crippen LogP contribution in [0.3, 0.4) is 0 Å². The number of aromatic nitrogens is 2. The monoisotopic (exact) mass is 343 g/mol. The highest BCUT2D eigenvalue weighted by atomic mass is 32.1. The number of aliphatic hydroxyl groups excluding tert-OH is 1. The molecule has 0 saturated heterocycles. The van der Waals surface area contributed by atoms with Gasteiger partial charge in [0.25, 0.3) is 0 Å². The van der Waals surface area contributed by atoms with Crippen molar-refractivity contribution in [3.05, 3.63) is 70.1 Å². The second kappa shape index (κ2) is 8.19. The molecule has 1 N–H and O–H groups in total. The molecule has 0 amide bonds. The smallest absolute Gasteiger partial charge is 0.230 e. The number of hydrogen-bond acceptors (Lipinski definition) is 6. The first-order chi connectivity index (χ1) is 11.7. The highest BCUT2D eigenvalue weighted by Crippen LogP contribution is 2.21.